The molecule has 3 heteroatoms. The topological polar surface area (TPSA) is 63.3 Å². The molecule has 7 heavy (non-hydrogen) atoms. The van der Waals surface area contributed by atoms with E-state index in [-0.39, 0.29) is 0 Å². The van der Waals surface area contributed by atoms with Crippen LogP contribution < -0.4 is 5.73 Å². The average Bonchev–Trinajstić information content (AvgIpc) is 1.65. The van der Waals surface area contributed by atoms with Crippen LogP contribution in [0.1, 0.15) is 6.92 Å². The van der Waals surface area contributed by atoms with Crippen LogP contribution in [0.3, 0.4) is 0 Å². The molecular weight excluding hydrogens is 94.0 g/mol. The molecule has 3 nitrogen and oxygen atoms in total. The van der Waals surface area contributed by atoms with Crippen LogP contribution in [0.4, 0.5) is 0 Å². The minimum absolute atomic E-state index is 0.780. The molecule has 0 spiro atoms. The highest BCUT2D eigenvalue weighted by Gasteiger charge is 2.06. The molecule has 0 aromatic rings. The minimum atomic E-state index is -0.847. The van der Waals surface area contributed by atoms with Gasteiger partial charge in [0.1, 0.15) is 0 Å². The second-order valence-corrected chi connectivity index (χ2v) is 1.38. The number of hydrogen-bond donors (Lipinski definition) is 2. The highest BCUT2D eigenvalue weighted by molar-refractivity contribution is 5.58. The third kappa shape index (κ3) is 2.31. The van der Waals surface area contributed by atoms with Crippen LogP contribution in [0, 0.1) is 0 Å². The van der Waals surface area contributed by atoms with Crippen molar-refractivity contribution in [2.24, 2.45) is 5.73 Å². The number of aliphatic hydroxyl groups is 1. The van der Waals surface area contributed by atoms with Gasteiger partial charge < -0.3 is 10.8 Å². The lowest BCUT2D eigenvalue weighted by atomic mass is 10.2. The molecule has 1 radical (unpaired) electrons. The number of carbonyl (C=O) groups excluding carboxylic acids is 1. The van der Waals surface area contributed by atoms with Crippen molar-refractivity contribution >= 4 is 6.29 Å². The first-order valence-electron chi connectivity index (χ1n) is 2.00. The van der Waals surface area contributed by atoms with Crippen LogP contribution >= 0.6 is 0 Å². The first-order valence-corrected chi connectivity index (χ1v) is 2.00. The Morgan fingerprint density at radius 1 is 1.86 bits per heavy atom. The zero-order valence-corrected chi connectivity index (χ0v) is 4.09. The summed E-state index contributed by atoms with van der Waals surface area (Å²) < 4.78 is 0. The van der Waals surface area contributed by atoms with E-state index in [4.69, 9.17) is 10.8 Å². The maximum Gasteiger partial charge on any atom is 0.219 e. The first-order chi connectivity index (χ1) is 3.18. The summed E-state index contributed by atoms with van der Waals surface area (Å²) in [6.07, 6.45) is 0.662. The molecule has 0 rings (SSSR count). The summed E-state index contributed by atoms with van der Waals surface area (Å²) in [6.45, 7) is 1.44. The van der Waals surface area contributed by atoms with E-state index < -0.39 is 12.1 Å². The second kappa shape index (κ2) is 2.71. The van der Waals surface area contributed by atoms with Gasteiger partial charge in [-0.2, -0.15) is 0 Å². The molecular formula is C4H8NO2. The molecule has 0 heterocycles. The van der Waals surface area contributed by atoms with Gasteiger partial charge in [-0.05, 0) is 6.92 Å². The number of hydrogen-bond acceptors (Lipinski definition) is 3. The quantitative estimate of drug-likeness (QED) is 0.460. The Hall–Kier alpha value is -0.410. The molecule has 41 valence electrons. The fourth-order valence-corrected chi connectivity index (χ4v) is 0.0985. The van der Waals surface area contributed by atoms with E-state index in [1.165, 1.54) is 13.2 Å². The highest BCUT2D eigenvalue weighted by Crippen LogP contribution is 1.80. The van der Waals surface area contributed by atoms with Gasteiger partial charge in [-0.3, -0.25) is 4.79 Å². The minimum Gasteiger partial charge on any atom is -0.391 e. The summed E-state index contributed by atoms with van der Waals surface area (Å²) in [5.74, 6) is 0. The third-order valence-electron chi connectivity index (χ3n) is 0.656. The van der Waals surface area contributed by atoms with Gasteiger partial charge in [0.05, 0.1) is 12.1 Å². The fraction of sp³-hybridized carbons (Fsp3) is 0.750. The zero-order chi connectivity index (χ0) is 5.86. The molecule has 0 saturated carbocycles. The maximum absolute atomic E-state index is 9.54. The van der Waals surface area contributed by atoms with Gasteiger partial charge in [0.15, 0.2) is 0 Å². The van der Waals surface area contributed by atoms with Gasteiger partial charge in [0.2, 0.25) is 6.29 Å². The predicted molar refractivity (Wildman–Crippen MR) is 25.3 cm³/mol. The molecule has 0 aromatic carbocycles. The van der Waals surface area contributed by atoms with Crippen LogP contribution in [-0.4, -0.2) is 23.5 Å². The van der Waals surface area contributed by atoms with E-state index in [0.717, 1.165) is 0 Å². The second-order valence-electron chi connectivity index (χ2n) is 1.38. The van der Waals surface area contributed by atoms with E-state index in [1.807, 2.05) is 0 Å². The molecule has 0 saturated heterocycles. The Morgan fingerprint density at radius 2 is 2.29 bits per heavy atom. The van der Waals surface area contributed by atoms with Crippen molar-refractivity contribution in [3.05, 3.63) is 0 Å². The molecule has 0 aliphatic carbocycles. The average molecular weight is 102 g/mol. The van der Waals surface area contributed by atoms with Crippen molar-refractivity contribution in [1.29, 1.82) is 0 Å². The van der Waals surface area contributed by atoms with Crippen molar-refractivity contribution < 1.29 is 9.90 Å². The van der Waals surface area contributed by atoms with Crippen molar-refractivity contribution in [3.8, 4) is 0 Å². The normalized spacial score (nSPS) is 18.1. The Kier molecular flexibility index (Phi) is 2.55. The van der Waals surface area contributed by atoms with E-state index in [1.54, 1.807) is 0 Å². The molecule has 0 fully saturated rings. The molecule has 0 aliphatic heterocycles. The number of nitrogens with two attached hydrogens (primary N) is 1. The van der Waals surface area contributed by atoms with E-state index in [9.17, 15) is 4.79 Å². The first kappa shape index (κ1) is 6.59. The van der Waals surface area contributed by atoms with Crippen molar-refractivity contribution in [2.45, 2.75) is 19.1 Å². The van der Waals surface area contributed by atoms with Gasteiger partial charge in [0.25, 0.3) is 0 Å². The Balaban J connectivity index is 3.33. The summed E-state index contributed by atoms with van der Waals surface area (Å²) in [5, 5.41) is 8.43. The summed E-state index contributed by atoms with van der Waals surface area (Å²) in [5.41, 5.74) is 4.94. The van der Waals surface area contributed by atoms with E-state index in [2.05, 4.69) is 0 Å². The van der Waals surface area contributed by atoms with E-state index in [0.29, 0.717) is 0 Å². The van der Waals surface area contributed by atoms with Crippen molar-refractivity contribution in [2.75, 3.05) is 0 Å². The predicted octanol–water partition coefficient (Wildman–Crippen LogP) is -1.20. The maximum atomic E-state index is 9.54. The summed E-state index contributed by atoms with van der Waals surface area (Å²) >= 11 is 0. The van der Waals surface area contributed by atoms with Crippen LogP contribution in [0.15, 0.2) is 0 Å². The standard InChI is InChI=1S/C4H8NO2/c1-3(7)4(5)2-6/h3-4,7H,5H2,1H3. The lowest BCUT2D eigenvalue weighted by Crippen LogP contribution is -2.33. The molecule has 0 aliphatic rings. The summed E-state index contributed by atoms with van der Waals surface area (Å²) in [7, 11) is 0. The van der Waals surface area contributed by atoms with Crippen molar-refractivity contribution in [3.63, 3.8) is 0 Å². The lowest BCUT2D eigenvalue weighted by Gasteiger charge is -2.02. The molecule has 2 unspecified atom stereocenters. The fourth-order valence-electron chi connectivity index (χ4n) is 0.0985. The molecule has 0 amide bonds. The van der Waals surface area contributed by atoms with Gasteiger partial charge in [-0.1, -0.05) is 0 Å². The third-order valence-corrected chi connectivity index (χ3v) is 0.656. The SMILES string of the molecule is CC(O)C(N)[C]=O. The largest absolute Gasteiger partial charge is 0.391 e. The lowest BCUT2D eigenvalue weighted by molar-refractivity contribution is 0.184. The summed E-state index contributed by atoms with van der Waals surface area (Å²) in [4.78, 5) is 9.54. The monoisotopic (exact) mass is 102 g/mol. The molecule has 2 atom stereocenters. The van der Waals surface area contributed by atoms with Crippen molar-refractivity contribution in [1.82, 2.24) is 0 Å². The zero-order valence-electron chi connectivity index (χ0n) is 4.09. The Bertz CT molecular complexity index is 62.7. The van der Waals surface area contributed by atoms with Gasteiger partial charge in [0, 0.05) is 0 Å². The number of aliphatic hydroxyl groups excluding tert-OH is 1. The molecule has 0 aromatic heterocycles. The van der Waals surface area contributed by atoms with E-state index >= 15 is 0 Å². The summed E-state index contributed by atoms with van der Waals surface area (Å²) in [6, 6.07) is -0.847. The Labute approximate surface area is 42.1 Å². The van der Waals surface area contributed by atoms with Crippen LogP contribution in [0.25, 0.3) is 0 Å². The smallest absolute Gasteiger partial charge is 0.219 e. The van der Waals surface area contributed by atoms with Crippen LogP contribution in [0.5, 0.6) is 0 Å². The molecule has 3 N–H and O–H groups in total. The Morgan fingerprint density at radius 3 is 2.29 bits per heavy atom. The van der Waals surface area contributed by atoms with Gasteiger partial charge in [-0.15, -0.1) is 0 Å². The molecule has 0 bridgehead atoms. The highest BCUT2D eigenvalue weighted by atomic mass is 16.3. The van der Waals surface area contributed by atoms with Gasteiger partial charge in [-0.25, -0.2) is 0 Å². The number of rotatable bonds is 2. The van der Waals surface area contributed by atoms with Gasteiger partial charge >= 0.3 is 0 Å². The van der Waals surface area contributed by atoms with Crippen LogP contribution in [-0.2, 0) is 4.79 Å². The van der Waals surface area contributed by atoms with Crippen LogP contribution in [0.2, 0.25) is 0 Å².